The van der Waals surface area contributed by atoms with Crippen LogP contribution in [0.1, 0.15) is 24.2 Å². The molecule has 1 unspecified atom stereocenters. The number of anilines is 1. The Labute approximate surface area is 153 Å². The predicted molar refractivity (Wildman–Crippen MR) is 101 cm³/mol. The van der Waals surface area contributed by atoms with Gasteiger partial charge in [0.2, 0.25) is 0 Å². The van der Waals surface area contributed by atoms with Crippen molar-refractivity contribution in [3.05, 3.63) is 54.1 Å². The zero-order valence-electron chi connectivity index (χ0n) is 15.1. The number of carbonyl (C=O) groups excluding carboxylic acids is 2. The van der Waals surface area contributed by atoms with E-state index in [1.807, 2.05) is 0 Å². The minimum Gasteiger partial charge on any atom is -0.481 e. The molecule has 2 aromatic rings. The first-order chi connectivity index (χ1) is 12.4. The zero-order valence-corrected chi connectivity index (χ0v) is 15.1. The molecule has 2 aromatic carbocycles. The number of rotatable bonds is 7. The minimum atomic E-state index is -0.709. The lowest BCUT2D eigenvalue weighted by Gasteiger charge is -2.22. The van der Waals surface area contributed by atoms with Gasteiger partial charge in [-0.05, 0) is 50.2 Å². The van der Waals surface area contributed by atoms with E-state index in [1.165, 1.54) is 11.8 Å². The molecule has 0 radical (unpaired) electrons. The Morgan fingerprint density at radius 2 is 1.85 bits per heavy atom. The molecule has 1 amide bonds. The van der Waals surface area contributed by atoms with Gasteiger partial charge in [0.15, 0.2) is 11.9 Å². The maximum Gasteiger partial charge on any atom is 0.267 e. The normalized spacial score (nSPS) is 11.2. The van der Waals surface area contributed by atoms with Crippen molar-refractivity contribution in [2.45, 2.75) is 20.0 Å². The Morgan fingerprint density at radius 1 is 1.15 bits per heavy atom. The van der Waals surface area contributed by atoms with Gasteiger partial charge in [0.05, 0.1) is 0 Å². The number of terminal acetylenes is 1. The fraction of sp³-hybridized carbons (Fsp3) is 0.238. The number of likely N-dealkylation sites (N-methyl/N-ethyl adjacent to an activating group) is 1. The number of benzene rings is 2. The van der Waals surface area contributed by atoms with Crippen molar-refractivity contribution in [3.8, 4) is 23.8 Å². The molecule has 0 bridgehead atoms. The summed E-state index contributed by atoms with van der Waals surface area (Å²) in [5, 5.41) is 0. The molecule has 0 aliphatic carbocycles. The topological polar surface area (TPSA) is 55.8 Å². The Balaban J connectivity index is 2.04. The number of carbonyl (C=O) groups is 2. The molecule has 0 aromatic heterocycles. The predicted octanol–water partition coefficient (Wildman–Crippen LogP) is 3.33. The Bertz CT molecular complexity index is 821. The maximum atomic E-state index is 12.6. The highest BCUT2D eigenvalue weighted by molar-refractivity contribution is 5.96. The second kappa shape index (κ2) is 8.72. The number of hydrogen-bond donors (Lipinski definition) is 0. The zero-order chi connectivity index (χ0) is 19.1. The number of hydrogen-bond acceptors (Lipinski definition) is 4. The smallest absolute Gasteiger partial charge is 0.267 e. The van der Waals surface area contributed by atoms with Crippen molar-refractivity contribution in [2.24, 2.45) is 0 Å². The molecule has 0 fully saturated rings. The van der Waals surface area contributed by atoms with E-state index in [9.17, 15) is 9.59 Å². The molecule has 1 atom stereocenters. The summed E-state index contributed by atoms with van der Waals surface area (Å²) in [6.07, 6.45) is 4.45. The van der Waals surface area contributed by atoms with Gasteiger partial charge in [-0.2, -0.15) is 0 Å². The third kappa shape index (κ3) is 4.87. The summed E-state index contributed by atoms with van der Waals surface area (Å²) in [6, 6.07) is 13.8. The van der Waals surface area contributed by atoms with Crippen LogP contribution in [-0.2, 0) is 4.79 Å². The molecule has 0 N–H and O–H groups in total. The first-order valence-corrected chi connectivity index (χ1v) is 8.14. The largest absolute Gasteiger partial charge is 0.481 e. The quantitative estimate of drug-likeness (QED) is 0.567. The molecule has 5 nitrogen and oxygen atoms in total. The Kier molecular flexibility index (Phi) is 6.40. The van der Waals surface area contributed by atoms with E-state index in [-0.39, 0.29) is 18.3 Å². The molecule has 0 aliphatic rings. The highest BCUT2D eigenvalue weighted by Crippen LogP contribution is 2.21. The molecule has 134 valence electrons. The molecule has 0 heterocycles. The lowest BCUT2D eigenvalue weighted by Crippen LogP contribution is -2.38. The van der Waals surface area contributed by atoms with Crippen molar-refractivity contribution in [1.82, 2.24) is 0 Å². The summed E-state index contributed by atoms with van der Waals surface area (Å²) in [4.78, 5) is 25.6. The molecule has 0 saturated carbocycles. The van der Waals surface area contributed by atoms with Crippen LogP contribution >= 0.6 is 0 Å². The van der Waals surface area contributed by atoms with Crippen LogP contribution in [0.15, 0.2) is 48.5 Å². The molecular formula is C21H21NO4. The van der Waals surface area contributed by atoms with Crippen molar-refractivity contribution in [3.63, 3.8) is 0 Å². The standard InChI is InChI=1S/C21H21NO4/c1-5-13-25-19-11-9-18(10-12-19)22(4)21(24)16(3)26-20-8-6-7-17(14-20)15(2)23/h1,6-12,14,16H,13H2,2-4H3. The molecular weight excluding hydrogens is 330 g/mol. The van der Waals surface area contributed by atoms with Gasteiger partial charge in [0.1, 0.15) is 18.1 Å². The van der Waals surface area contributed by atoms with Crippen LogP contribution in [-0.4, -0.2) is 31.4 Å². The molecule has 2 rings (SSSR count). The lowest BCUT2D eigenvalue weighted by molar-refractivity contribution is -0.124. The van der Waals surface area contributed by atoms with Crippen molar-refractivity contribution in [1.29, 1.82) is 0 Å². The van der Waals surface area contributed by atoms with Gasteiger partial charge in [0, 0.05) is 18.3 Å². The van der Waals surface area contributed by atoms with E-state index < -0.39 is 6.10 Å². The summed E-state index contributed by atoms with van der Waals surface area (Å²) in [5.74, 6) is 3.24. The number of amides is 1. The van der Waals surface area contributed by atoms with Gasteiger partial charge in [-0.1, -0.05) is 18.1 Å². The minimum absolute atomic E-state index is 0.0568. The van der Waals surface area contributed by atoms with E-state index in [1.54, 1.807) is 62.5 Å². The van der Waals surface area contributed by atoms with E-state index >= 15 is 0 Å². The first kappa shape index (κ1) is 19.1. The Morgan fingerprint density at radius 3 is 2.46 bits per heavy atom. The third-order valence-corrected chi connectivity index (χ3v) is 3.78. The molecule has 26 heavy (non-hydrogen) atoms. The summed E-state index contributed by atoms with van der Waals surface area (Å²) in [7, 11) is 1.67. The second-order valence-electron chi connectivity index (χ2n) is 5.73. The average Bonchev–Trinajstić information content (AvgIpc) is 2.65. The van der Waals surface area contributed by atoms with Crippen LogP contribution in [0.3, 0.4) is 0 Å². The highest BCUT2D eigenvalue weighted by Gasteiger charge is 2.20. The van der Waals surface area contributed by atoms with Crippen LogP contribution in [0.2, 0.25) is 0 Å². The number of Topliss-reactive ketones (excluding diaryl/α,β-unsaturated/α-hetero) is 1. The SMILES string of the molecule is C#CCOc1ccc(N(C)C(=O)C(C)Oc2cccc(C(C)=O)c2)cc1. The van der Waals surface area contributed by atoms with E-state index in [2.05, 4.69) is 5.92 Å². The number of ether oxygens (including phenoxy) is 2. The fourth-order valence-corrected chi connectivity index (χ4v) is 2.33. The van der Waals surface area contributed by atoms with Crippen molar-refractivity contribution in [2.75, 3.05) is 18.6 Å². The third-order valence-electron chi connectivity index (χ3n) is 3.78. The van der Waals surface area contributed by atoms with Gasteiger partial charge in [0.25, 0.3) is 5.91 Å². The van der Waals surface area contributed by atoms with Crippen LogP contribution in [0.4, 0.5) is 5.69 Å². The summed E-state index contributed by atoms with van der Waals surface area (Å²) in [6.45, 7) is 3.35. The van der Waals surface area contributed by atoms with Gasteiger partial charge in [-0.25, -0.2) is 0 Å². The number of nitrogens with zero attached hydrogens (tertiary/aromatic N) is 1. The molecule has 0 spiro atoms. The van der Waals surface area contributed by atoms with Crippen LogP contribution in [0.5, 0.6) is 11.5 Å². The number of ketones is 1. The fourth-order valence-electron chi connectivity index (χ4n) is 2.33. The summed E-state index contributed by atoms with van der Waals surface area (Å²) < 4.78 is 11.0. The van der Waals surface area contributed by atoms with Gasteiger partial charge in [-0.15, -0.1) is 6.42 Å². The summed E-state index contributed by atoms with van der Waals surface area (Å²) in [5.41, 5.74) is 1.24. The highest BCUT2D eigenvalue weighted by atomic mass is 16.5. The van der Waals surface area contributed by atoms with E-state index in [4.69, 9.17) is 15.9 Å². The monoisotopic (exact) mass is 351 g/mol. The molecule has 0 saturated heterocycles. The lowest BCUT2D eigenvalue weighted by atomic mass is 10.1. The molecule has 5 heteroatoms. The Hall–Kier alpha value is -3.26. The van der Waals surface area contributed by atoms with Crippen LogP contribution < -0.4 is 14.4 Å². The van der Waals surface area contributed by atoms with Gasteiger partial charge >= 0.3 is 0 Å². The maximum absolute atomic E-state index is 12.6. The second-order valence-corrected chi connectivity index (χ2v) is 5.73. The van der Waals surface area contributed by atoms with E-state index in [0.717, 1.165) is 0 Å². The van der Waals surface area contributed by atoms with Crippen molar-refractivity contribution < 1.29 is 19.1 Å². The van der Waals surface area contributed by atoms with Gasteiger partial charge in [-0.3, -0.25) is 9.59 Å². The summed E-state index contributed by atoms with van der Waals surface area (Å²) >= 11 is 0. The van der Waals surface area contributed by atoms with Crippen molar-refractivity contribution >= 4 is 17.4 Å². The average molecular weight is 351 g/mol. The van der Waals surface area contributed by atoms with E-state index in [0.29, 0.717) is 22.7 Å². The van der Waals surface area contributed by atoms with Crippen LogP contribution in [0.25, 0.3) is 0 Å². The molecule has 0 aliphatic heterocycles. The van der Waals surface area contributed by atoms with Crippen LogP contribution in [0, 0.1) is 12.3 Å². The van der Waals surface area contributed by atoms with Gasteiger partial charge < -0.3 is 14.4 Å². The first-order valence-electron chi connectivity index (χ1n) is 8.14.